The second-order valence-electron chi connectivity index (χ2n) is 5.45. The van der Waals surface area contributed by atoms with E-state index in [9.17, 15) is 0 Å². The first-order chi connectivity index (χ1) is 7.00. The lowest BCUT2D eigenvalue weighted by Gasteiger charge is -2.29. The van der Waals surface area contributed by atoms with Crippen LogP contribution in [0.2, 0.25) is 0 Å². The van der Waals surface area contributed by atoms with Gasteiger partial charge in [0.1, 0.15) is 0 Å². The van der Waals surface area contributed by atoms with Gasteiger partial charge in [0.15, 0.2) is 0 Å². The molecule has 1 fully saturated rings. The van der Waals surface area contributed by atoms with Crippen LogP contribution in [0.1, 0.15) is 53.4 Å². The zero-order chi connectivity index (χ0) is 11.4. The van der Waals surface area contributed by atoms with E-state index in [1.165, 1.54) is 31.3 Å². The molecule has 0 spiro atoms. The Morgan fingerprint density at radius 1 is 1.13 bits per heavy atom. The van der Waals surface area contributed by atoms with Crippen LogP contribution in [-0.2, 0) is 0 Å². The molecule has 0 amide bonds. The molecule has 0 aromatic heterocycles. The Balaban J connectivity index is 2.41. The van der Waals surface area contributed by atoms with Crippen molar-refractivity contribution in [3.8, 4) is 0 Å². The molecule has 0 nitrogen and oxygen atoms in total. The second kappa shape index (κ2) is 5.94. The van der Waals surface area contributed by atoms with Gasteiger partial charge in [-0.25, -0.2) is 0 Å². The Labute approximate surface area is 100 Å². The molecule has 1 saturated carbocycles. The first kappa shape index (κ1) is 13.1. The van der Waals surface area contributed by atoms with Crippen LogP contribution in [0.4, 0.5) is 0 Å². The molecular weight excluding hydrogens is 204 g/mol. The molecule has 0 bridgehead atoms. The lowest BCUT2D eigenvalue weighted by Crippen LogP contribution is -2.18. The van der Waals surface area contributed by atoms with Crippen LogP contribution >= 0.6 is 11.6 Å². The van der Waals surface area contributed by atoms with Crippen molar-refractivity contribution in [1.29, 1.82) is 0 Å². The van der Waals surface area contributed by atoms with Gasteiger partial charge in [-0.3, -0.25) is 0 Å². The summed E-state index contributed by atoms with van der Waals surface area (Å²) in [7, 11) is 0. The molecule has 0 N–H and O–H groups in total. The summed E-state index contributed by atoms with van der Waals surface area (Å²) in [6, 6.07) is 0. The van der Waals surface area contributed by atoms with Crippen LogP contribution < -0.4 is 0 Å². The van der Waals surface area contributed by atoms with Crippen molar-refractivity contribution in [2.24, 2.45) is 17.8 Å². The summed E-state index contributed by atoms with van der Waals surface area (Å²) in [5, 5.41) is 0.202. The van der Waals surface area contributed by atoms with Crippen LogP contribution in [0.15, 0.2) is 11.6 Å². The van der Waals surface area contributed by atoms with Gasteiger partial charge in [0.25, 0.3) is 0 Å². The molecule has 1 rings (SSSR count). The van der Waals surface area contributed by atoms with E-state index < -0.39 is 0 Å². The molecule has 15 heavy (non-hydrogen) atoms. The summed E-state index contributed by atoms with van der Waals surface area (Å²) in [5.41, 5.74) is 1.35. The average Bonchev–Trinajstić information content (AvgIpc) is 2.18. The van der Waals surface area contributed by atoms with E-state index in [0.29, 0.717) is 0 Å². The number of halogens is 1. The Morgan fingerprint density at radius 2 is 1.67 bits per heavy atom. The highest BCUT2D eigenvalue weighted by atomic mass is 35.5. The number of alkyl halides is 1. The molecule has 1 aliphatic rings. The van der Waals surface area contributed by atoms with Gasteiger partial charge in [-0.2, -0.15) is 0 Å². The van der Waals surface area contributed by atoms with Crippen LogP contribution in [0.3, 0.4) is 0 Å². The van der Waals surface area contributed by atoms with Gasteiger partial charge in [0.05, 0.1) is 5.38 Å². The topological polar surface area (TPSA) is 0 Å². The Hall–Kier alpha value is 0.0300. The smallest absolute Gasteiger partial charge is 0.0514 e. The third-order valence-electron chi connectivity index (χ3n) is 3.89. The van der Waals surface area contributed by atoms with Crippen LogP contribution in [0.5, 0.6) is 0 Å². The number of rotatable bonds is 3. The van der Waals surface area contributed by atoms with Gasteiger partial charge >= 0.3 is 0 Å². The van der Waals surface area contributed by atoms with E-state index in [0.717, 1.165) is 17.8 Å². The molecule has 0 aromatic carbocycles. The maximum absolute atomic E-state index is 6.06. The molecular formula is C14H25Cl. The maximum atomic E-state index is 6.06. The summed E-state index contributed by atoms with van der Waals surface area (Å²) in [5.74, 6) is 2.62. The minimum atomic E-state index is 0.202. The summed E-state index contributed by atoms with van der Waals surface area (Å²) in [6.07, 6.45) is 7.95. The molecule has 1 heteroatoms. The highest BCUT2D eigenvalue weighted by Gasteiger charge is 2.22. The lowest BCUT2D eigenvalue weighted by atomic mass is 9.76. The Bertz CT molecular complexity index is 207. The van der Waals surface area contributed by atoms with E-state index >= 15 is 0 Å². The van der Waals surface area contributed by atoms with Gasteiger partial charge < -0.3 is 0 Å². The van der Waals surface area contributed by atoms with Crippen LogP contribution in [-0.4, -0.2) is 5.38 Å². The van der Waals surface area contributed by atoms with E-state index in [4.69, 9.17) is 11.6 Å². The highest BCUT2D eigenvalue weighted by Crippen LogP contribution is 2.34. The first-order valence-corrected chi connectivity index (χ1v) is 6.76. The van der Waals surface area contributed by atoms with Gasteiger partial charge in [-0.1, -0.05) is 25.5 Å². The van der Waals surface area contributed by atoms with Crippen LogP contribution in [0, 0.1) is 17.8 Å². The number of hydrogen-bond acceptors (Lipinski definition) is 0. The van der Waals surface area contributed by atoms with Gasteiger partial charge in [-0.15, -0.1) is 11.6 Å². The zero-order valence-corrected chi connectivity index (χ0v) is 11.3. The van der Waals surface area contributed by atoms with Crippen LogP contribution in [0.25, 0.3) is 0 Å². The highest BCUT2D eigenvalue weighted by molar-refractivity contribution is 6.22. The van der Waals surface area contributed by atoms with Gasteiger partial charge in [-0.05, 0) is 57.3 Å². The minimum absolute atomic E-state index is 0.202. The predicted molar refractivity (Wildman–Crippen MR) is 69.4 cm³/mol. The number of hydrogen-bond donors (Lipinski definition) is 0. The fourth-order valence-corrected chi connectivity index (χ4v) is 2.56. The summed E-state index contributed by atoms with van der Waals surface area (Å²) in [4.78, 5) is 0. The predicted octanol–water partition coefficient (Wildman–Crippen LogP) is 5.02. The normalized spacial score (nSPS) is 30.7. The van der Waals surface area contributed by atoms with Gasteiger partial charge in [0, 0.05) is 0 Å². The van der Waals surface area contributed by atoms with Crippen molar-refractivity contribution in [3.05, 3.63) is 11.6 Å². The van der Waals surface area contributed by atoms with E-state index in [-0.39, 0.29) is 5.38 Å². The van der Waals surface area contributed by atoms with Crippen molar-refractivity contribution < 1.29 is 0 Å². The van der Waals surface area contributed by atoms with E-state index in [1.54, 1.807) is 0 Å². The molecule has 0 heterocycles. The van der Waals surface area contributed by atoms with E-state index in [2.05, 4.69) is 33.8 Å². The molecule has 0 aliphatic heterocycles. The third-order valence-corrected chi connectivity index (χ3v) is 4.23. The first-order valence-electron chi connectivity index (χ1n) is 6.33. The molecule has 0 aromatic rings. The SMILES string of the molecule is C/C(=C/C1CCC(C(C)C)CC1)C(C)Cl. The molecule has 0 radical (unpaired) electrons. The fourth-order valence-electron chi connectivity index (χ4n) is 2.48. The average molecular weight is 229 g/mol. The second-order valence-corrected chi connectivity index (χ2v) is 6.10. The van der Waals surface area contributed by atoms with Crippen molar-refractivity contribution in [1.82, 2.24) is 0 Å². The molecule has 1 atom stereocenters. The minimum Gasteiger partial charge on any atom is -0.119 e. The van der Waals surface area contributed by atoms with Gasteiger partial charge in [0.2, 0.25) is 0 Å². The maximum Gasteiger partial charge on any atom is 0.0514 e. The Kier molecular flexibility index (Phi) is 5.18. The zero-order valence-electron chi connectivity index (χ0n) is 10.6. The lowest BCUT2D eigenvalue weighted by molar-refractivity contribution is 0.247. The van der Waals surface area contributed by atoms with Crippen molar-refractivity contribution in [2.45, 2.75) is 58.8 Å². The third kappa shape index (κ3) is 4.18. The summed E-state index contributed by atoms with van der Waals surface area (Å²) >= 11 is 6.06. The Morgan fingerprint density at radius 3 is 2.07 bits per heavy atom. The number of allylic oxidation sites excluding steroid dienone is 2. The standard InChI is InChI=1S/C14H25Cl/c1-10(2)14-7-5-13(6-8-14)9-11(3)12(4)15/h9-10,12-14H,5-8H2,1-4H3/b11-9-. The monoisotopic (exact) mass is 228 g/mol. The summed E-state index contributed by atoms with van der Waals surface area (Å²) < 4.78 is 0. The molecule has 1 aliphatic carbocycles. The van der Waals surface area contributed by atoms with Crippen molar-refractivity contribution in [3.63, 3.8) is 0 Å². The fraction of sp³-hybridized carbons (Fsp3) is 0.857. The molecule has 1 unspecified atom stereocenters. The van der Waals surface area contributed by atoms with Crippen molar-refractivity contribution >= 4 is 11.6 Å². The largest absolute Gasteiger partial charge is 0.119 e. The molecule has 0 saturated heterocycles. The van der Waals surface area contributed by atoms with E-state index in [1.807, 2.05) is 0 Å². The van der Waals surface area contributed by atoms with Crippen molar-refractivity contribution in [2.75, 3.05) is 0 Å². The molecule has 88 valence electrons. The quantitative estimate of drug-likeness (QED) is 0.470. The summed E-state index contributed by atoms with van der Waals surface area (Å²) in [6.45, 7) is 8.93.